The molecular formula is C13H20FN3O. The molecule has 1 aromatic heterocycles. The Morgan fingerprint density at radius 3 is 3.06 bits per heavy atom. The van der Waals surface area contributed by atoms with Crippen molar-refractivity contribution in [3.8, 4) is 5.88 Å². The first-order valence-electron chi connectivity index (χ1n) is 6.40. The molecule has 1 N–H and O–H groups in total. The number of ether oxygens (including phenoxy) is 1. The van der Waals surface area contributed by atoms with Crippen molar-refractivity contribution in [2.24, 2.45) is 0 Å². The van der Waals surface area contributed by atoms with Crippen LogP contribution >= 0.6 is 0 Å². The van der Waals surface area contributed by atoms with Crippen molar-refractivity contribution in [1.82, 2.24) is 10.3 Å². The number of anilines is 1. The van der Waals surface area contributed by atoms with Gasteiger partial charge in [0.2, 0.25) is 5.82 Å². The molecular weight excluding hydrogens is 233 g/mol. The van der Waals surface area contributed by atoms with Gasteiger partial charge in [0.05, 0.1) is 12.3 Å². The number of halogens is 1. The van der Waals surface area contributed by atoms with Gasteiger partial charge in [-0.25, -0.2) is 4.98 Å². The molecule has 2 atom stereocenters. The Morgan fingerprint density at radius 2 is 2.33 bits per heavy atom. The molecule has 0 spiro atoms. The summed E-state index contributed by atoms with van der Waals surface area (Å²) in [6, 6.07) is 2.32. The second-order valence-corrected chi connectivity index (χ2v) is 4.69. The molecule has 0 aliphatic carbocycles. The lowest BCUT2D eigenvalue weighted by Crippen LogP contribution is -2.54. The summed E-state index contributed by atoms with van der Waals surface area (Å²) in [5.41, 5.74) is 0.578. The zero-order valence-electron chi connectivity index (χ0n) is 11.1. The fourth-order valence-electron chi connectivity index (χ4n) is 2.23. The summed E-state index contributed by atoms with van der Waals surface area (Å²) in [4.78, 5) is 6.00. The minimum atomic E-state index is -0.361. The van der Waals surface area contributed by atoms with E-state index in [9.17, 15) is 4.39 Å². The van der Waals surface area contributed by atoms with Crippen molar-refractivity contribution in [3.63, 3.8) is 0 Å². The quantitative estimate of drug-likeness (QED) is 0.891. The van der Waals surface area contributed by atoms with Crippen LogP contribution in [0.4, 0.5) is 10.1 Å². The predicted molar refractivity (Wildman–Crippen MR) is 69.6 cm³/mol. The molecule has 1 aromatic rings. The number of hydrogen-bond acceptors (Lipinski definition) is 4. The lowest BCUT2D eigenvalue weighted by Gasteiger charge is -2.39. The molecule has 0 aromatic carbocycles. The van der Waals surface area contributed by atoms with Crippen molar-refractivity contribution in [1.29, 1.82) is 0 Å². The largest absolute Gasteiger partial charge is 0.476 e. The monoisotopic (exact) mass is 253 g/mol. The fourth-order valence-corrected chi connectivity index (χ4v) is 2.23. The predicted octanol–water partition coefficient (Wildman–Crippen LogP) is 1.81. The summed E-state index contributed by atoms with van der Waals surface area (Å²) in [6.07, 6.45) is 1.60. The standard InChI is InChI=1S/C13H20FN3O/c1-4-18-13-12(14)11(5-6-15-13)17-8-9(2)16-7-10(17)3/h5-6,9-10,16H,4,7-8H2,1-3H3. The summed E-state index contributed by atoms with van der Waals surface area (Å²) in [5, 5.41) is 3.38. The van der Waals surface area contributed by atoms with E-state index in [1.807, 2.05) is 6.92 Å². The van der Waals surface area contributed by atoms with Crippen LogP contribution < -0.4 is 15.0 Å². The van der Waals surface area contributed by atoms with Gasteiger partial charge >= 0.3 is 0 Å². The third-order valence-electron chi connectivity index (χ3n) is 3.19. The molecule has 5 heteroatoms. The maximum atomic E-state index is 14.3. The van der Waals surface area contributed by atoms with Crippen LogP contribution in [-0.2, 0) is 0 Å². The Labute approximate surface area is 107 Å². The lowest BCUT2D eigenvalue weighted by atomic mass is 10.1. The summed E-state index contributed by atoms with van der Waals surface area (Å²) in [5.74, 6) is -0.270. The normalized spacial score (nSPS) is 24.1. The smallest absolute Gasteiger partial charge is 0.252 e. The van der Waals surface area contributed by atoms with Gasteiger partial charge in [0.25, 0.3) is 5.88 Å². The Kier molecular flexibility index (Phi) is 4.01. The van der Waals surface area contributed by atoms with Crippen LogP contribution in [-0.4, -0.2) is 36.8 Å². The van der Waals surface area contributed by atoms with Gasteiger partial charge in [0, 0.05) is 31.4 Å². The minimum Gasteiger partial charge on any atom is -0.476 e. The summed E-state index contributed by atoms with van der Waals surface area (Å²) >= 11 is 0. The van der Waals surface area contributed by atoms with E-state index in [0.29, 0.717) is 18.3 Å². The molecule has 1 aliphatic heterocycles. The van der Waals surface area contributed by atoms with Gasteiger partial charge in [-0.05, 0) is 26.8 Å². The molecule has 1 aliphatic rings. The number of aromatic nitrogens is 1. The van der Waals surface area contributed by atoms with E-state index in [1.54, 1.807) is 12.3 Å². The van der Waals surface area contributed by atoms with E-state index < -0.39 is 0 Å². The van der Waals surface area contributed by atoms with Crippen LogP contribution in [0.25, 0.3) is 0 Å². The Morgan fingerprint density at radius 1 is 1.56 bits per heavy atom. The van der Waals surface area contributed by atoms with Crippen molar-refractivity contribution in [2.75, 3.05) is 24.6 Å². The minimum absolute atomic E-state index is 0.0911. The highest BCUT2D eigenvalue weighted by atomic mass is 19.1. The molecule has 4 nitrogen and oxygen atoms in total. The Hall–Kier alpha value is -1.36. The first kappa shape index (κ1) is 13.1. The van der Waals surface area contributed by atoms with Gasteiger partial charge in [-0.15, -0.1) is 0 Å². The number of piperazine rings is 1. The van der Waals surface area contributed by atoms with Crippen LogP contribution in [0.2, 0.25) is 0 Å². The van der Waals surface area contributed by atoms with Gasteiger partial charge < -0.3 is 15.0 Å². The highest BCUT2D eigenvalue weighted by molar-refractivity contribution is 5.51. The van der Waals surface area contributed by atoms with Gasteiger partial charge in [0.1, 0.15) is 0 Å². The maximum absolute atomic E-state index is 14.3. The third kappa shape index (κ3) is 2.56. The highest BCUT2D eigenvalue weighted by Gasteiger charge is 2.26. The van der Waals surface area contributed by atoms with Crippen LogP contribution in [0.15, 0.2) is 12.3 Å². The molecule has 100 valence electrons. The molecule has 0 amide bonds. The first-order valence-corrected chi connectivity index (χ1v) is 6.40. The number of rotatable bonds is 3. The molecule has 2 heterocycles. The molecule has 18 heavy (non-hydrogen) atoms. The fraction of sp³-hybridized carbons (Fsp3) is 0.615. The van der Waals surface area contributed by atoms with E-state index in [-0.39, 0.29) is 17.7 Å². The van der Waals surface area contributed by atoms with Crippen molar-refractivity contribution < 1.29 is 9.13 Å². The topological polar surface area (TPSA) is 37.4 Å². The van der Waals surface area contributed by atoms with Crippen LogP contribution in [0, 0.1) is 5.82 Å². The van der Waals surface area contributed by atoms with E-state index in [1.165, 1.54) is 0 Å². The molecule has 2 rings (SSSR count). The van der Waals surface area contributed by atoms with Crippen molar-refractivity contribution >= 4 is 5.69 Å². The molecule has 1 fully saturated rings. The molecule has 0 radical (unpaired) electrons. The molecule has 0 bridgehead atoms. The summed E-state index contributed by atoms with van der Waals surface area (Å²) < 4.78 is 19.5. The van der Waals surface area contributed by atoms with Crippen molar-refractivity contribution in [3.05, 3.63) is 18.1 Å². The van der Waals surface area contributed by atoms with Gasteiger partial charge in [-0.1, -0.05) is 0 Å². The zero-order chi connectivity index (χ0) is 13.1. The Balaban J connectivity index is 2.28. The van der Waals surface area contributed by atoms with E-state index in [4.69, 9.17) is 4.74 Å². The lowest BCUT2D eigenvalue weighted by molar-refractivity contribution is 0.306. The van der Waals surface area contributed by atoms with Crippen molar-refractivity contribution in [2.45, 2.75) is 32.9 Å². The zero-order valence-corrected chi connectivity index (χ0v) is 11.1. The van der Waals surface area contributed by atoms with Gasteiger partial charge in [0.15, 0.2) is 0 Å². The number of hydrogen-bond donors (Lipinski definition) is 1. The SMILES string of the molecule is CCOc1nccc(N2CC(C)NCC2C)c1F. The number of nitrogens with one attached hydrogen (secondary N) is 1. The second-order valence-electron chi connectivity index (χ2n) is 4.69. The van der Waals surface area contributed by atoms with E-state index >= 15 is 0 Å². The third-order valence-corrected chi connectivity index (χ3v) is 3.19. The number of pyridine rings is 1. The van der Waals surface area contributed by atoms with Gasteiger partial charge in [-0.2, -0.15) is 4.39 Å². The van der Waals surface area contributed by atoms with Crippen LogP contribution in [0.3, 0.4) is 0 Å². The average molecular weight is 253 g/mol. The van der Waals surface area contributed by atoms with E-state index in [2.05, 4.69) is 29.0 Å². The summed E-state index contributed by atoms with van der Waals surface area (Å²) in [7, 11) is 0. The average Bonchev–Trinajstić information content (AvgIpc) is 2.35. The maximum Gasteiger partial charge on any atom is 0.252 e. The molecule has 1 saturated heterocycles. The van der Waals surface area contributed by atoms with Gasteiger partial charge in [-0.3, -0.25) is 0 Å². The van der Waals surface area contributed by atoms with Crippen LogP contribution in [0.1, 0.15) is 20.8 Å². The molecule has 0 saturated carbocycles. The highest BCUT2D eigenvalue weighted by Crippen LogP contribution is 2.27. The van der Waals surface area contributed by atoms with Crippen LogP contribution in [0.5, 0.6) is 5.88 Å². The summed E-state index contributed by atoms with van der Waals surface area (Å²) in [6.45, 7) is 8.06. The number of nitrogens with zero attached hydrogens (tertiary/aromatic N) is 2. The van der Waals surface area contributed by atoms with E-state index in [0.717, 1.165) is 13.1 Å². The Bertz CT molecular complexity index is 413. The molecule has 2 unspecified atom stereocenters. The first-order chi connectivity index (χ1) is 8.63. The second kappa shape index (κ2) is 5.52.